The van der Waals surface area contributed by atoms with Crippen molar-refractivity contribution in [2.24, 2.45) is 0 Å². The molecule has 0 bridgehead atoms. The van der Waals surface area contributed by atoms with E-state index in [2.05, 4.69) is 4.18 Å². The lowest BCUT2D eigenvalue weighted by molar-refractivity contribution is 0.317. The van der Waals surface area contributed by atoms with Crippen LogP contribution in [0.25, 0.3) is 32.9 Å². The van der Waals surface area contributed by atoms with Crippen molar-refractivity contribution in [3.05, 3.63) is 72.3 Å². The molecule has 4 rings (SSSR count). The fraction of sp³-hybridized carbons (Fsp3) is 0.208. The third-order valence-corrected chi connectivity index (χ3v) is 7.03. The van der Waals surface area contributed by atoms with Crippen LogP contribution in [0.3, 0.4) is 0 Å². The van der Waals surface area contributed by atoms with Crippen LogP contribution in [0.4, 0.5) is 0 Å². The van der Waals surface area contributed by atoms with E-state index in [1.54, 1.807) is 6.07 Å². The van der Waals surface area contributed by atoms with Gasteiger partial charge in [0.1, 0.15) is 11.5 Å². The third-order valence-electron chi connectivity index (χ3n) is 5.21. The highest BCUT2D eigenvalue weighted by Crippen LogP contribution is 2.34. The van der Waals surface area contributed by atoms with Gasteiger partial charge in [-0.15, -0.1) is 0 Å². The van der Waals surface area contributed by atoms with Crippen molar-refractivity contribution >= 4 is 42.9 Å². The zero-order valence-corrected chi connectivity index (χ0v) is 19.5. The van der Waals surface area contributed by atoms with Crippen LogP contribution < -0.4 is 4.74 Å². The van der Waals surface area contributed by atoms with Gasteiger partial charge >= 0.3 is 0 Å². The molecule has 7 nitrogen and oxygen atoms in total. The van der Waals surface area contributed by atoms with Gasteiger partial charge in [-0.25, -0.2) is 4.98 Å². The smallest absolute Gasteiger partial charge is 0.271 e. The number of para-hydroxylation sites is 1. The maximum absolute atomic E-state index is 11.9. The van der Waals surface area contributed by atoms with E-state index in [0.29, 0.717) is 24.3 Å². The summed E-state index contributed by atoms with van der Waals surface area (Å²) in [4.78, 5) is 4.87. The van der Waals surface area contributed by atoms with Crippen molar-refractivity contribution in [2.45, 2.75) is 12.2 Å². The van der Waals surface area contributed by atoms with Crippen LogP contribution in [0, 0.1) is 0 Å². The molecule has 1 aromatic heterocycles. The topological polar surface area (TPSA) is 106 Å². The summed E-state index contributed by atoms with van der Waals surface area (Å²) < 4.78 is 55.3. The Hall–Kier alpha value is -2.85. The zero-order valence-electron chi connectivity index (χ0n) is 17.9. The van der Waals surface area contributed by atoms with Crippen LogP contribution in [0.1, 0.15) is 12.0 Å². The highest BCUT2D eigenvalue weighted by atomic mass is 32.2. The second-order valence-electron chi connectivity index (χ2n) is 7.46. The van der Waals surface area contributed by atoms with Crippen molar-refractivity contribution < 1.29 is 26.1 Å². The van der Waals surface area contributed by atoms with Gasteiger partial charge in [-0.05, 0) is 53.8 Å². The first-order chi connectivity index (χ1) is 15.9. The molecule has 0 saturated carbocycles. The number of hydrogen-bond acceptors (Lipinski definition) is 7. The highest BCUT2D eigenvalue weighted by Gasteiger charge is 2.14. The molecule has 1 heterocycles. The van der Waals surface area contributed by atoms with Crippen LogP contribution in [-0.2, 0) is 31.1 Å². The van der Waals surface area contributed by atoms with E-state index >= 15 is 0 Å². The van der Waals surface area contributed by atoms with E-state index in [1.807, 2.05) is 60.7 Å². The normalized spacial score (nSPS) is 12.8. The number of nitrogens with zero attached hydrogens (tertiary/aromatic N) is 1. The number of ether oxygens (including phenoxy) is 1. The summed E-state index contributed by atoms with van der Waals surface area (Å²) >= 11 is -2.06. The van der Waals surface area contributed by atoms with Gasteiger partial charge in [0.15, 0.2) is 0 Å². The van der Waals surface area contributed by atoms with Crippen LogP contribution in [0.2, 0.25) is 0 Å². The molecule has 0 aliphatic heterocycles. The van der Waals surface area contributed by atoms with Gasteiger partial charge in [0, 0.05) is 22.1 Å². The van der Waals surface area contributed by atoms with Crippen molar-refractivity contribution in [3.63, 3.8) is 0 Å². The number of hydrogen-bond donors (Lipinski definition) is 0. The van der Waals surface area contributed by atoms with Gasteiger partial charge in [0.05, 0.1) is 24.9 Å². The molecular formula is C24H22NO6S2-. The van der Waals surface area contributed by atoms with Crippen LogP contribution in [0.5, 0.6) is 5.75 Å². The van der Waals surface area contributed by atoms with Gasteiger partial charge in [-0.1, -0.05) is 41.4 Å². The summed E-state index contributed by atoms with van der Waals surface area (Å²) in [7, 11) is -2.48. The fourth-order valence-corrected chi connectivity index (χ4v) is 4.71. The molecular weight excluding hydrogens is 462 g/mol. The van der Waals surface area contributed by atoms with Crippen molar-refractivity contribution in [1.82, 2.24) is 4.98 Å². The molecule has 0 N–H and O–H groups in total. The lowest BCUT2D eigenvalue weighted by atomic mass is 9.98. The number of aromatic nitrogens is 1. The Labute approximate surface area is 194 Å². The summed E-state index contributed by atoms with van der Waals surface area (Å²) in [5.74, 6) is 0.503. The number of pyridine rings is 1. The number of rotatable bonds is 9. The molecule has 0 aliphatic carbocycles. The molecule has 0 radical (unpaired) electrons. The summed E-state index contributed by atoms with van der Waals surface area (Å²) in [5, 5.41) is 2.74. The highest BCUT2D eigenvalue weighted by molar-refractivity contribution is 7.85. The van der Waals surface area contributed by atoms with E-state index in [-0.39, 0.29) is 11.5 Å². The number of benzene rings is 3. The van der Waals surface area contributed by atoms with E-state index < -0.39 is 21.2 Å². The van der Waals surface area contributed by atoms with E-state index in [4.69, 9.17) is 9.72 Å². The maximum Gasteiger partial charge on any atom is 0.271 e. The van der Waals surface area contributed by atoms with E-state index in [9.17, 15) is 17.2 Å². The molecule has 0 fully saturated rings. The molecule has 1 atom stereocenters. The van der Waals surface area contributed by atoms with Gasteiger partial charge < -0.3 is 9.29 Å². The monoisotopic (exact) mass is 484 g/mol. The maximum atomic E-state index is 11.9. The quantitative estimate of drug-likeness (QED) is 0.152. The first-order valence-electron chi connectivity index (χ1n) is 10.2. The van der Waals surface area contributed by atoms with Crippen molar-refractivity contribution in [1.29, 1.82) is 0 Å². The predicted octanol–water partition coefficient (Wildman–Crippen LogP) is 4.18. The van der Waals surface area contributed by atoms with Crippen molar-refractivity contribution in [3.8, 4) is 17.0 Å². The second kappa shape index (κ2) is 9.96. The van der Waals surface area contributed by atoms with Gasteiger partial charge in [0.2, 0.25) is 0 Å². The third kappa shape index (κ3) is 5.56. The molecule has 0 spiro atoms. The minimum absolute atomic E-state index is 0.0682. The van der Waals surface area contributed by atoms with E-state index in [1.165, 1.54) is 0 Å². The first kappa shape index (κ1) is 23.3. The Morgan fingerprint density at radius 3 is 2.45 bits per heavy atom. The largest absolute Gasteiger partial charge is 0.772 e. The van der Waals surface area contributed by atoms with Crippen molar-refractivity contribution in [2.75, 3.05) is 19.5 Å². The zero-order chi connectivity index (χ0) is 23.4. The minimum Gasteiger partial charge on any atom is -0.772 e. The Balaban J connectivity index is 1.72. The Kier molecular flexibility index (Phi) is 7.04. The average molecular weight is 485 g/mol. The second-order valence-corrected chi connectivity index (χ2v) is 10.2. The SMILES string of the molecule is COS(=O)(=O)Cc1ccc2c(-c3ccc(OCCCS(=O)[O-])cc3)nc3ccccc3c2c1. The summed E-state index contributed by atoms with van der Waals surface area (Å²) in [5.41, 5.74) is 3.10. The standard InChI is InChI=1S/C24H23NO6S2/c1-30-33(28,29)16-17-7-12-21-22(15-17)20-5-2-3-6-23(20)25-24(21)18-8-10-19(11-9-18)31-13-4-14-32(26)27/h2-3,5-12,15H,4,13-14,16H2,1H3,(H,26,27)/p-1. The average Bonchev–Trinajstić information content (AvgIpc) is 2.81. The van der Waals surface area contributed by atoms with Crippen LogP contribution in [0.15, 0.2) is 66.7 Å². The fourth-order valence-electron chi connectivity index (χ4n) is 3.65. The molecule has 1 unspecified atom stereocenters. The molecule has 33 heavy (non-hydrogen) atoms. The molecule has 0 amide bonds. The molecule has 9 heteroatoms. The van der Waals surface area contributed by atoms with Crippen LogP contribution >= 0.6 is 0 Å². The summed E-state index contributed by atoms with van der Waals surface area (Å²) in [6.07, 6.45) is 0.426. The lowest BCUT2D eigenvalue weighted by Gasteiger charge is -2.12. The van der Waals surface area contributed by atoms with E-state index in [0.717, 1.165) is 40.0 Å². The van der Waals surface area contributed by atoms with Gasteiger partial charge in [-0.2, -0.15) is 8.42 Å². The molecule has 3 aromatic carbocycles. The minimum atomic E-state index is -3.64. The Bertz CT molecular complexity index is 1420. The Morgan fingerprint density at radius 2 is 1.73 bits per heavy atom. The predicted molar refractivity (Wildman–Crippen MR) is 128 cm³/mol. The van der Waals surface area contributed by atoms with Gasteiger partial charge in [-0.3, -0.25) is 8.39 Å². The number of fused-ring (bicyclic) bond motifs is 3. The lowest BCUT2D eigenvalue weighted by Crippen LogP contribution is -2.05. The van der Waals surface area contributed by atoms with Crippen LogP contribution in [-0.4, -0.2) is 41.6 Å². The summed E-state index contributed by atoms with van der Waals surface area (Å²) in [6, 6.07) is 20.7. The first-order valence-corrected chi connectivity index (χ1v) is 13.1. The Morgan fingerprint density at radius 1 is 0.970 bits per heavy atom. The molecule has 0 saturated heterocycles. The van der Waals surface area contributed by atoms with Gasteiger partial charge in [0.25, 0.3) is 10.1 Å². The molecule has 172 valence electrons. The molecule has 0 aliphatic rings. The summed E-state index contributed by atoms with van der Waals surface area (Å²) in [6.45, 7) is 0.317. The molecule has 4 aromatic rings.